The first-order chi connectivity index (χ1) is 14.9. The Morgan fingerprint density at radius 3 is 2.39 bits per heavy atom. The SMILES string of the molecule is Cc1cc(F)ccc1NC1=CCN(C)C=C1C(=O)N1CCC(c2ccc(F)cc2)CC1. The van der Waals surface area contributed by atoms with Crippen LogP contribution < -0.4 is 5.32 Å². The van der Waals surface area contributed by atoms with Crippen LogP contribution >= 0.6 is 0 Å². The first-order valence-electron chi connectivity index (χ1n) is 10.6. The molecule has 2 aromatic carbocycles. The Labute approximate surface area is 181 Å². The molecule has 6 heteroatoms. The van der Waals surface area contributed by atoms with Crippen molar-refractivity contribution in [3.63, 3.8) is 0 Å². The maximum Gasteiger partial charge on any atom is 0.257 e. The van der Waals surface area contributed by atoms with Crippen LogP contribution in [0.4, 0.5) is 14.5 Å². The summed E-state index contributed by atoms with van der Waals surface area (Å²) in [6.07, 6.45) is 5.56. The van der Waals surface area contributed by atoms with Crippen LogP contribution in [-0.2, 0) is 4.79 Å². The van der Waals surface area contributed by atoms with Gasteiger partial charge in [-0.05, 0) is 73.2 Å². The average Bonchev–Trinajstić information content (AvgIpc) is 2.77. The van der Waals surface area contributed by atoms with E-state index in [9.17, 15) is 13.6 Å². The molecule has 2 aliphatic heterocycles. The number of nitrogens with one attached hydrogen (secondary N) is 1. The number of hydrogen-bond donors (Lipinski definition) is 1. The minimum Gasteiger partial charge on any atom is -0.376 e. The molecule has 0 saturated carbocycles. The predicted molar refractivity (Wildman–Crippen MR) is 119 cm³/mol. The second kappa shape index (κ2) is 8.92. The number of hydrogen-bond acceptors (Lipinski definition) is 3. The van der Waals surface area contributed by atoms with Gasteiger partial charge in [-0.1, -0.05) is 12.1 Å². The highest BCUT2D eigenvalue weighted by Gasteiger charge is 2.28. The summed E-state index contributed by atoms with van der Waals surface area (Å²) in [5.41, 5.74) is 4.05. The van der Waals surface area contributed by atoms with Crippen molar-refractivity contribution in [2.24, 2.45) is 0 Å². The largest absolute Gasteiger partial charge is 0.376 e. The minimum absolute atomic E-state index is 0.0115. The smallest absolute Gasteiger partial charge is 0.257 e. The van der Waals surface area contributed by atoms with E-state index >= 15 is 0 Å². The van der Waals surface area contributed by atoms with E-state index in [-0.39, 0.29) is 17.5 Å². The third-order valence-corrected chi connectivity index (χ3v) is 6.03. The Hall–Kier alpha value is -3.15. The lowest BCUT2D eigenvalue weighted by Gasteiger charge is -2.34. The van der Waals surface area contributed by atoms with Crippen LogP contribution in [0.2, 0.25) is 0 Å². The molecule has 0 bridgehead atoms. The fraction of sp³-hybridized carbons (Fsp3) is 0.320. The number of carbonyl (C=O) groups excluding carboxylic acids is 1. The highest BCUT2D eigenvalue weighted by molar-refractivity contribution is 5.99. The number of carbonyl (C=O) groups is 1. The number of amides is 1. The molecule has 1 saturated heterocycles. The Morgan fingerprint density at radius 2 is 1.71 bits per heavy atom. The van der Waals surface area contributed by atoms with E-state index in [1.165, 1.54) is 24.3 Å². The Kier molecular flexibility index (Phi) is 6.07. The third kappa shape index (κ3) is 4.79. The fourth-order valence-electron chi connectivity index (χ4n) is 4.21. The molecule has 0 spiro atoms. The summed E-state index contributed by atoms with van der Waals surface area (Å²) >= 11 is 0. The van der Waals surface area contributed by atoms with Gasteiger partial charge in [-0.15, -0.1) is 0 Å². The van der Waals surface area contributed by atoms with Crippen LogP contribution in [0.5, 0.6) is 0 Å². The first-order valence-corrected chi connectivity index (χ1v) is 10.6. The molecule has 162 valence electrons. The maximum absolute atomic E-state index is 13.5. The van der Waals surface area contributed by atoms with Crippen LogP contribution in [0.1, 0.15) is 29.9 Å². The monoisotopic (exact) mass is 423 g/mol. The summed E-state index contributed by atoms with van der Waals surface area (Å²) in [6.45, 7) is 3.84. The molecule has 31 heavy (non-hydrogen) atoms. The number of aryl methyl sites for hydroxylation is 1. The second-order valence-corrected chi connectivity index (χ2v) is 8.30. The topological polar surface area (TPSA) is 35.6 Å². The zero-order valence-corrected chi connectivity index (χ0v) is 17.9. The number of halogens is 2. The third-order valence-electron chi connectivity index (χ3n) is 6.03. The van der Waals surface area contributed by atoms with Crippen molar-refractivity contribution in [1.29, 1.82) is 0 Å². The van der Waals surface area contributed by atoms with Crippen molar-refractivity contribution in [3.8, 4) is 0 Å². The van der Waals surface area contributed by atoms with Crippen LogP contribution in [0.15, 0.2) is 66.0 Å². The lowest BCUT2D eigenvalue weighted by Crippen LogP contribution is -2.40. The quantitative estimate of drug-likeness (QED) is 0.767. The molecule has 0 atom stereocenters. The summed E-state index contributed by atoms with van der Waals surface area (Å²) < 4.78 is 26.7. The molecule has 1 fully saturated rings. The number of piperidine rings is 1. The zero-order valence-electron chi connectivity index (χ0n) is 17.9. The molecule has 0 aliphatic carbocycles. The molecule has 4 rings (SSSR count). The molecule has 2 heterocycles. The van der Waals surface area contributed by atoms with Gasteiger partial charge < -0.3 is 15.1 Å². The van der Waals surface area contributed by atoms with E-state index in [1.807, 2.05) is 48.2 Å². The van der Waals surface area contributed by atoms with Gasteiger partial charge in [0.1, 0.15) is 11.6 Å². The molecule has 0 radical (unpaired) electrons. The van der Waals surface area contributed by atoms with Crippen molar-refractivity contribution in [2.75, 3.05) is 32.0 Å². The molecule has 1 amide bonds. The number of benzene rings is 2. The van der Waals surface area contributed by atoms with Gasteiger partial charge in [0.05, 0.1) is 11.3 Å². The number of likely N-dealkylation sites (N-methyl/N-ethyl adjacent to an activating group) is 1. The van der Waals surface area contributed by atoms with Crippen LogP contribution in [-0.4, -0.2) is 42.4 Å². The van der Waals surface area contributed by atoms with Gasteiger partial charge in [-0.2, -0.15) is 0 Å². The number of anilines is 1. The van der Waals surface area contributed by atoms with E-state index in [2.05, 4.69) is 5.32 Å². The zero-order chi connectivity index (χ0) is 22.0. The molecule has 0 aromatic heterocycles. The molecule has 0 unspecified atom stereocenters. The van der Waals surface area contributed by atoms with Gasteiger partial charge in [0, 0.05) is 38.6 Å². The summed E-state index contributed by atoms with van der Waals surface area (Å²) in [5, 5.41) is 3.32. The summed E-state index contributed by atoms with van der Waals surface area (Å²) in [7, 11) is 1.93. The number of nitrogens with zero attached hydrogens (tertiary/aromatic N) is 2. The van der Waals surface area contributed by atoms with Crippen LogP contribution in [0, 0.1) is 18.6 Å². The van der Waals surface area contributed by atoms with Crippen LogP contribution in [0.3, 0.4) is 0 Å². The average molecular weight is 424 g/mol. The second-order valence-electron chi connectivity index (χ2n) is 8.30. The minimum atomic E-state index is -0.281. The number of likely N-dealkylation sites (tertiary alicyclic amines) is 1. The van der Waals surface area contributed by atoms with E-state index in [0.717, 1.165) is 35.4 Å². The summed E-state index contributed by atoms with van der Waals surface area (Å²) in [5.74, 6) is -0.186. The van der Waals surface area contributed by atoms with Crippen molar-refractivity contribution in [2.45, 2.75) is 25.7 Å². The Balaban J connectivity index is 1.46. The van der Waals surface area contributed by atoms with Crippen molar-refractivity contribution >= 4 is 11.6 Å². The fourth-order valence-corrected chi connectivity index (χ4v) is 4.21. The van der Waals surface area contributed by atoms with E-state index in [0.29, 0.717) is 31.1 Å². The molecular formula is C25H27F2N3O. The van der Waals surface area contributed by atoms with E-state index in [4.69, 9.17) is 0 Å². The molecule has 2 aliphatic rings. The van der Waals surface area contributed by atoms with Crippen molar-refractivity contribution in [1.82, 2.24) is 9.80 Å². The lowest BCUT2D eigenvalue weighted by atomic mass is 9.89. The highest BCUT2D eigenvalue weighted by atomic mass is 19.1. The normalized spacial score (nSPS) is 17.3. The van der Waals surface area contributed by atoms with Gasteiger partial charge in [-0.25, -0.2) is 8.78 Å². The van der Waals surface area contributed by atoms with Crippen molar-refractivity contribution in [3.05, 3.63) is 88.8 Å². The lowest BCUT2D eigenvalue weighted by molar-refractivity contribution is -0.128. The Bertz CT molecular complexity index is 1020. The maximum atomic E-state index is 13.5. The molecule has 4 nitrogen and oxygen atoms in total. The van der Waals surface area contributed by atoms with Gasteiger partial charge in [0.15, 0.2) is 0 Å². The van der Waals surface area contributed by atoms with Gasteiger partial charge >= 0.3 is 0 Å². The molecule has 1 N–H and O–H groups in total. The standard InChI is InChI=1S/C25H27F2N3O/c1-17-15-21(27)7-8-23(17)28-24-11-12-29(2)16-22(24)25(31)30-13-9-19(10-14-30)18-3-5-20(26)6-4-18/h3-8,11,15-16,19,28H,9-10,12-14H2,1-2H3. The van der Waals surface area contributed by atoms with Crippen LogP contribution in [0.25, 0.3) is 0 Å². The van der Waals surface area contributed by atoms with Gasteiger partial charge in [-0.3, -0.25) is 4.79 Å². The van der Waals surface area contributed by atoms with E-state index < -0.39 is 0 Å². The van der Waals surface area contributed by atoms with E-state index in [1.54, 1.807) is 6.07 Å². The van der Waals surface area contributed by atoms with Gasteiger partial charge in [0.2, 0.25) is 0 Å². The van der Waals surface area contributed by atoms with Crippen molar-refractivity contribution < 1.29 is 13.6 Å². The number of rotatable bonds is 4. The summed E-state index contributed by atoms with van der Waals surface area (Å²) in [4.78, 5) is 17.2. The molecular weight excluding hydrogens is 396 g/mol. The Morgan fingerprint density at radius 1 is 1.03 bits per heavy atom. The summed E-state index contributed by atoms with van der Waals surface area (Å²) in [6, 6.07) is 11.3. The highest BCUT2D eigenvalue weighted by Crippen LogP contribution is 2.30. The van der Waals surface area contributed by atoms with Gasteiger partial charge in [0.25, 0.3) is 5.91 Å². The first kappa shape index (κ1) is 21.1. The molecule has 2 aromatic rings. The predicted octanol–water partition coefficient (Wildman–Crippen LogP) is 4.80.